The van der Waals surface area contributed by atoms with Crippen molar-refractivity contribution in [3.63, 3.8) is 0 Å². The van der Waals surface area contributed by atoms with Crippen LogP contribution in [-0.4, -0.2) is 29.7 Å². The van der Waals surface area contributed by atoms with Gasteiger partial charge in [-0.2, -0.15) is 5.10 Å². The first-order valence-corrected chi connectivity index (χ1v) is 7.51. The van der Waals surface area contributed by atoms with Gasteiger partial charge < -0.3 is 5.43 Å². The molecule has 1 N–H and O–H groups in total. The van der Waals surface area contributed by atoms with E-state index in [2.05, 4.69) is 15.4 Å². The Labute approximate surface area is 122 Å². The second kappa shape index (κ2) is 4.37. The number of halogens is 2. The number of fused-ring (bicyclic) bond motifs is 2. The Hall–Kier alpha value is -0.770. The van der Waals surface area contributed by atoms with Gasteiger partial charge in [0, 0.05) is 5.92 Å². The minimum atomic E-state index is 0.216. The van der Waals surface area contributed by atoms with Gasteiger partial charge in [0.05, 0.1) is 27.8 Å². The molecule has 4 aliphatic heterocycles. The molecule has 2 bridgehead atoms. The van der Waals surface area contributed by atoms with Crippen LogP contribution in [0.25, 0.3) is 0 Å². The third-order valence-electron chi connectivity index (χ3n) is 4.60. The van der Waals surface area contributed by atoms with Gasteiger partial charge in [-0.25, -0.2) is 0 Å². The second-order valence-corrected chi connectivity index (χ2v) is 6.39. The molecule has 4 aliphatic rings. The van der Waals surface area contributed by atoms with Crippen LogP contribution in [0.2, 0.25) is 10.0 Å². The number of nitrogens with zero attached hydrogens (tertiary/aromatic N) is 2. The number of rotatable bonds is 1. The summed E-state index contributed by atoms with van der Waals surface area (Å²) >= 11 is 12.1. The second-order valence-electron chi connectivity index (χ2n) is 5.57. The molecule has 100 valence electrons. The predicted octanol–water partition coefficient (Wildman–Crippen LogP) is 3.09. The van der Waals surface area contributed by atoms with Crippen molar-refractivity contribution in [2.24, 2.45) is 11.0 Å². The summed E-state index contributed by atoms with van der Waals surface area (Å²) in [6.45, 7) is 2.38. The quantitative estimate of drug-likeness (QED) is 0.862. The molecule has 1 aromatic rings. The van der Waals surface area contributed by atoms with Gasteiger partial charge >= 0.3 is 0 Å². The van der Waals surface area contributed by atoms with E-state index in [0.717, 1.165) is 0 Å². The monoisotopic (exact) mass is 295 g/mol. The lowest BCUT2D eigenvalue weighted by Gasteiger charge is -2.45. The molecule has 0 spiro atoms. The van der Waals surface area contributed by atoms with Crippen molar-refractivity contribution in [2.45, 2.75) is 24.9 Å². The van der Waals surface area contributed by atoms with Crippen LogP contribution in [0.4, 0.5) is 0 Å². The van der Waals surface area contributed by atoms with Gasteiger partial charge in [-0.1, -0.05) is 29.3 Å². The van der Waals surface area contributed by atoms with Crippen LogP contribution < -0.4 is 5.43 Å². The number of benzene rings is 1. The Morgan fingerprint density at radius 2 is 1.95 bits per heavy atom. The molecule has 5 rings (SSSR count). The molecule has 5 heteroatoms. The third kappa shape index (κ3) is 1.79. The predicted molar refractivity (Wildman–Crippen MR) is 77.9 cm³/mol. The Morgan fingerprint density at radius 3 is 2.68 bits per heavy atom. The minimum Gasteiger partial charge on any atom is -0.301 e. The van der Waals surface area contributed by atoms with E-state index in [4.69, 9.17) is 23.2 Å². The molecule has 2 atom stereocenters. The molecule has 1 aromatic carbocycles. The largest absolute Gasteiger partial charge is 0.301 e. The Balaban J connectivity index is 1.69. The molecule has 3 saturated heterocycles. The maximum atomic E-state index is 6.14. The molecule has 0 unspecified atom stereocenters. The average Bonchev–Trinajstić information content (AvgIpc) is 2.90. The van der Waals surface area contributed by atoms with Gasteiger partial charge in [0.1, 0.15) is 0 Å². The van der Waals surface area contributed by atoms with E-state index < -0.39 is 0 Å². The SMILES string of the molecule is Clc1ccc([C@H]2NN=C3C4CCN(CC4)[C@H]32)cc1Cl. The first-order chi connectivity index (χ1) is 9.24. The summed E-state index contributed by atoms with van der Waals surface area (Å²) < 4.78 is 0. The number of hydrazone groups is 1. The zero-order valence-electron chi connectivity index (χ0n) is 10.4. The van der Waals surface area contributed by atoms with Crippen molar-refractivity contribution in [2.75, 3.05) is 13.1 Å². The maximum Gasteiger partial charge on any atom is 0.0899 e. The molecule has 0 saturated carbocycles. The molecule has 19 heavy (non-hydrogen) atoms. The first kappa shape index (κ1) is 12.0. The zero-order valence-corrected chi connectivity index (χ0v) is 12.0. The fourth-order valence-corrected chi connectivity index (χ4v) is 3.92. The molecule has 0 amide bonds. The van der Waals surface area contributed by atoms with E-state index >= 15 is 0 Å². The summed E-state index contributed by atoms with van der Waals surface area (Å²) in [4.78, 5) is 2.55. The standard InChI is InChI=1S/C14H15Cl2N3/c15-10-2-1-9(7-11(10)16)13-14-12(17-18-13)8-3-5-19(14)6-4-8/h1-2,7-8,13-14,18H,3-6H2/t13-,14-/m1/s1. The lowest BCUT2D eigenvalue weighted by molar-refractivity contribution is 0.133. The topological polar surface area (TPSA) is 27.6 Å². The van der Waals surface area contributed by atoms with Crippen molar-refractivity contribution in [1.82, 2.24) is 10.3 Å². The fraction of sp³-hybridized carbons (Fsp3) is 0.500. The van der Waals surface area contributed by atoms with Crippen molar-refractivity contribution in [3.8, 4) is 0 Å². The van der Waals surface area contributed by atoms with Crippen LogP contribution in [0, 0.1) is 5.92 Å². The summed E-state index contributed by atoms with van der Waals surface area (Å²) in [5.41, 5.74) is 5.82. The van der Waals surface area contributed by atoms with Crippen molar-refractivity contribution in [1.29, 1.82) is 0 Å². The molecule has 0 aromatic heterocycles. The van der Waals surface area contributed by atoms with Crippen molar-refractivity contribution in [3.05, 3.63) is 33.8 Å². The van der Waals surface area contributed by atoms with Gasteiger partial charge in [-0.3, -0.25) is 4.90 Å². The van der Waals surface area contributed by atoms with Gasteiger partial charge in [-0.15, -0.1) is 0 Å². The normalized spacial score (nSPS) is 35.8. The highest BCUT2D eigenvalue weighted by Crippen LogP contribution is 2.39. The van der Waals surface area contributed by atoms with E-state index in [1.165, 1.54) is 37.2 Å². The summed E-state index contributed by atoms with van der Waals surface area (Å²) in [7, 11) is 0. The molecular formula is C14H15Cl2N3. The van der Waals surface area contributed by atoms with Crippen LogP contribution >= 0.6 is 23.2 Å². The molecule has 4 heterocycles. The van der Waals surface area contributed by atoms with Crippen LogP contribution in [0.1, 0.15) is 24.4 Å². The lowest BCUT2D eigenvalue weighted by Crippen LogP contribution is -2.56. The number of hydrogen-bond acceptors (Lipinski definition) is 3. The fourth-order valence-electron chi connectivity index (χ4n) is 3.62. The van der Waals surface area contributed by atoms with E-state index in [0.29, 0.717) is 22.0 Å². The lowest BCUT2D eigenvalue weighted by atomic mass is 9.78. The summed E-state index contributed by atoms with van der Waals surface area (Å²) in [6, 6.07) is 6.50. The Morgan fingerprint density at radius 1 is 1.16 bits per heavy atom. The molecular weight excluding hydrogens is 281 g/mol. The third-order valence-corrected chi connectivity index (χ3v) is 5.33. The number of piperidine rings is 3. The highest BCUT2D eigenvalue weighted by atomic mass is 35.5. The Kier molecular flexibility index (Phi) is 2.76. The summed E-state index contributed by atoms with van der Waals surface area (Å²) in [5, 5.41) is 5.82. The van der Waals surface area contributed by atoms with E-state index in [1.54, 1.807) is 0 Å². The van der Waals surface area contributed by atoms with Gasteiger partial charge in [-0.05, 0) is 43.6 Å². The smallest absolute Gasteiger partial charge is 0.0899 e. The van der Waals surface area contributed by atoms with Crippen LogP contribution in [0.15, 0.2) is 23.3 Å². The molecule has 0 radical (unpaired) electrons. The van der Waals surface area contributed by atoms with E-state index in [-0.39, 0.29) is 6.04 Å². The van der Waals surface area contributed by atoms with Gasteiger partial charge in [0.2, 0.25) is 0 Å². The van der Waals surface area contributed by atoms with Crippen molar-refractivity contribution >= 4 is 28.9 Å². The van der Waals surface area contributed by atoms with Gasteiger partial charge in [0.15, 0.2) is 0 Å². The summed E-state index contributed by atoms with van der Waals surface area (Å²) in [5.74, 6) is 0.676. The van der Waals surface area contributed by atoms with E-state index in [9.17, 15) is 0 Å². The van der Waals surface area contributed by atoms with E-state index in [1.807, 2.05) is 18.2 Å². The number of hydrogen-bond donors (Lipinski definition) is 1. The first-order valence-electron chi connectivity index (χ1n) is 6.76. The molecule has 3 fully saturated rings. The average molecular weight is 296 g/mol. The highest BCUT2D eigenvalue weighted by molar-refractivity contribution is 6.42. The van der Waals surface area contributed by atoms with Crippen LogP contribution in [0.5, 0.6) is 0 Å². The molecule has 0 aliphatic carbocycles. The summed E-state index contributed by atoms with van der Waals surface area (Å²) in [6.07, 6.45) is 2.51. The number of nitrogens with one attached hydrogen (secondary N) is 1. The van der Waals surface area contributed by atoms with Crippen LogP contribution in [0.3, 0.4) is 0 Å². The van der Waals surface area contributed by atoms with Crippen LogP contribution in [-0.2, 0) is 0 Å². The Bertz CT molecular complexity index is 550. The van der Waals surface area contributed by atoms with Gasteiger partial charge in [0.25, 0.3) is 0 Å². The maximum absolute atomic E-state index is 6.14. The zero-order chi connectivity index (χ0) is 13.0. The minimum absolute atomic E-state index is 0.216. The highest BCUT2D eigenvalue weighted by Gasteiger charge is 2.46. The molecule has 3 nitrogen and oxygen atoms in total. The van der Waals surface area contributed by atoms with Crippen molar-refractivity contribution < 1.29 is 0 Å².